The van der Waals surface area contributed by atoms with Gasteiger partial charge in [0.15, 0.2) is 5.78 Å². The van der Waals surface area contributed by atoms with E-state index in [0.29, 0.717) is 25.7 Å². The standard InChI is InChI=1S/C34H39F5N2O5/c1-3-46-28(43)19-41-30(44)40-16-4-5-20-6-8-21(9-7-20)26-18-31(2)27(14-15-32(31,45)33(35,36)34(37,38)39)25-12-10-22-17-23(42)11-13-24(22)29(25)26/h4-9,17,25-27,45H,3,10-16,18-19H2,1-2H3,(H2,40,41,44)/b5-4+/t25?,26-,27?,31+,32+/m1/s1. The summed E-state index contributed by atoms with van der Waals surface area (Å²) in [6.07, 6.45) is 0.405. The van der Waals surface area contributed by atoms with Gasteiger partial charge in [-0.3, -0.25) is 9.59 Å². The summed E-state index contributed by atoms with van der Waals surface area (Å²) in [5, 5.41) is 16.4. The highest BCUT2D eigenvalue weighted by atomic mass is 19.4. The quantitative estimate of drug-likeness (QED) is 0.224. The lowest BCUT2D eigenvalue weighted by atomic mass is 9.50. The first-order chi connectivity index (χ1) is 21.6. The molecule has 3 N–H and O–H groups in total. The number of carbonyl (C=O) groups excluding carboxylic acids is 3. The van der Waals surface area contributed by atoms with Crippen LogP contribution in [0.3, 0.4) is 0 Å². The van der Waals surface area contributed by atoms with E-state index >= 15 is 8.78 Å². The Morgan fingerprint density at radius 2 is 1.78 bits per heavy atom. The zero-order chi connectivity index (χ0) is 33.5. The first-order valence-corrected chi connectivity index (χ1v) is 15.7. The number of aliphatic hydroxyl groups is 1. The van der Waals surface area contributed by atoms with Crippen LogP contribution >= 0.6 is 0 Å². The molecule has 0 bridgehead atoms. The molecule has 7 nitrogen and oxygen atoms in total. The Labute approximate surface area is 264 Å². The second-order valence-electron chi connectivity index (χ2n) is 12.9. The Bertz CT molecular complexity index is 1470. The molecule has 4 aliphatic rings. The van der Waals surface area contributed by atoms with E-state index in [0.717, 1.165) is 27.8 Å². The molecular formula is C34H39F5N2O5. The number of hydrogen-bond donors (Lipinski definition) is 3. The first-order valence-electron chi connectivity index (χ1n) is 15.7. The molecule has 0 heterocycles. The van der Waals surface area contributed by atoms with Crippen molar-refractivity contribution < 1.29 is 46.2 Å². The molecule has 0 saturated heterocycles. The number of allylic oxidation sites excluding steroid dienone is 4. The molecule has 4 aliphatic carbocycles. The van der Waals surface area contributed by atoms with E-state index in [9.17, 15) is 32.7 Å². The second-order valence-corrected chi connectivity index (χ2v) is 12.9. The first kappa shape index (κ1) is 33.8. The van der Waals surface area contributed by atoms with Crippen molar-refractivity contribution in [1.29, 1.82) is 0 Å². The predicted molar refractivity (Wildman–Crippen MR) is 160 cm³/mol. The van der Waals surface area contributed by atoms with Crippen LogP contribution < -0.4 is 10.6 Å². The van der Waals surface area contributed by atoms with Crippen LogP contribution in [0.5, 0.6) is 0 Å². The molecule has 12 heteroatoms. The van der Waals surface area contributed by atoms with Crippen LogP contribution in [-0.4, -0.2) is 60.3 Å². The van der Waals surface area contributed by atoms with Gasteiger partial charge in [0.2, 0.25) is 0 Å². The van der Waals surface area contributed by atoms with Crippen LogP contribution in [0, 0.1) is 17.3 Å². The Balaban J connectivity index is 1.41. The van der Waals surface area contributed by atoms with Crippen molar-refractivity contribution in [2.24, 2.45) is 17.3 Å². The number of nitrogens with one attached hydrogen (secondary N) is 2. The van der Waals surface area contributed by atoms with Crippen LogP contribution in [0.15, 0.2) is 53.1 Å². The molecule has 2 saturated carbocycles. The fraction of sp³-hybridized carbons (Fsp3) is 0.559. The molecule has 0 aromatic heterocycles. The summed E-state index contributed by atoms with van der Waals surface area (Å²) >= 11 is 0. The average Bonchev–Trinajstić information content (AvgIpc) is 3.28. The lowest BCUT2D eigenvalue weighted by molar-refractivity contribution is -0.362. The summed E-state index contributed by atoms with van der Waals surface area (Å²) in [5.74, 6) is -7.18. The zero-order valence-corrected chi connectivity index (χ0v) is 25.8. The summed E-state index contributed by atoms with van der Waals surface area (Å²) in [6, 6.07) is 6.70. The number of hydrogen-bond acceptors (Lipinski definition) is 5. The van der Waals surface area contributed by atoms with Crippen LogP contribution in [0.1, 0.15) is 75.8 Å². The number of ketones is 1. The molecule has 2 unspecified atom stereocenters. The van der Waals surface area contributed by atoms with Gasteiger partial charge in [0.25, 0.3) is 0 Å². The van der Waals surface area contributed by atoms with Gasteiger partial charge in [-0.2, -0.15) is 22.0 Å². The van der Waals surface area contributed by atoms with E-state index in [2.05, 4.69) is 10.6 Å². The smallest absolute Gasteiger partial charge is 0.456 e. The third kappa shape index (κ3) is 5.89. The number of urea groups is 1. The monoisotopic (exact) mass is 650 g/mol. The van der Waals surface area contributed by atoms with Gasteiger partial charge in [0, 0.05) is 24.3 Å². The molecule has 0 radical (unpaired) electrons. The number of rotatable bonds is 8. The minimum atomic E-state index is -5.90. The van der Waals surface area contributed by atoms with E-state index in [1.165, 1.54) is 6.92 Å². The lowest BCUT2D eigenvalue weighted by Crippen LogP contribution is -2.65. The van der Waals surface area contributed by atoms with Crippen LogP contribution in [0.25, 0.3) is 6.08 Å². The van der Waals surface area contributed by atoms with Crippen molar-refractivity contribution in [2.45, 2.75) is 82.4 Å². The fourth-order valence-corrected chi connectivity index (χ4v) is 8.33. The van der Waals surface area contributed by atoms with E-state index < -0.39 is 53.4 Å². The number of amides is 2. The number of fused-ring (bicyclic) bond motifs is 4. The van der Waals surface area contributed by atoms with Crippen molar-refractivity contribution in [3.63, 3.8) is 0 Å². The van der Waals surface area contributed by atoms with E-state index in [1.807, 2.05) is 12.1 Å². The van der Waals surface area contributed by atoms with Gasteiger partial charge in [-0.25, -0.2) is 4.79 Å². The lowest BCUT2D eigenvalue weighted by Gasteiger charge is -2.56. The topological polar surface area (TPSA) is 105 Å². The number of alkyl halides is 5. The minimum Gasteiger partial charge on any atom is -0.465 e. The molecular weight excluding hydrogens is 611 g/mol. The minimum absolute atomic E-state index is 0.0252. The maximum Gasteiger partial charge on any atom is 0.456 e. The van der Waals surface area contributed by atoms with Gasteiger partial charge in [-0.05, 0) is 85.6 Å². The molecule has 2 amide bonds. The third-order valence-corrected chi connectivity index (χ3v) is 10.5. The number of ether oxygens (including phenoxy) is 1. The summed E-state index contributed by atoms with van der Waals surface area (Å²) in [7, 11) is 0. The molecule has 5 atom stereocenters. The molecule has 250 valence electrons. The molecule has 1 aromatic rings. The maximum atomic E-state index is 15.2. The van der Waals surface area contributed by atoms with E-state index in [4.69, 9.17) is 4.74 Å². The average molecular weight is 651 g/mol. The summed E-state index contributed by atoms with van der Waals surface area (Å²) in [4.78, 5) is 35.5. The highest BCUT2D eigenvalue weighted by Crippen LogP contribution is 2.70. The van der Waals surface area contributed by atoms with Gasteiger partial charge in [-0.1, -0.05) is 48.9 Å². The van der Waals surface area contributed by atoms with Gasteiger partial charge in [0.1, 0.15) is 12.1 Å². The molecule has 46 heavy (non-hydrogen) atoms. The van der Waals surface area contributed by atoms with Crippen molar-refractivity contribution in [3.8, 4) is 0 Å². The van der Waals surface area contributed by atoms with Crippen LogP contribution in [-0.2, 0) is 14.3 Å². The summed E-state index contributed by atoms with van der Waals surface area (Å²) < 4.78 is 76.4. The van der Waals surface area contributed by atoms with Gasteiger partial charge >= 0.3 is 24.1 Å². The molecule has 5 rings (SSSR count). The predicted octanol–water partition coefficient (Wildman–Crippen LogP) is 6.39. The Hall–Kier alpha value is -3.54. The maximum absolute atomic E-state index is 15.2. The summed E-state index contributed by atoms with van der Waals surface area (Å²) in [6.45, 7) is 3.17. The van der Waals surface area contributed by atoms with Crippen LogP contribution in [0.2, 0.25) is 0 Å². The number of carbonyl (C=O) groups is 3. The largest absolute Gasteiger partial charge is 0.465 e. The van der Waals surface area contributed by atoms with Crippen molar-refractivity contribution >= 4 is 23.9 Å². The summed E-state index contributed by atoms with van der Waals surface area (Å²) in [5.41, 5.74) is -0.527. The van der Waals surface area contributed by atoms with Gasteiger partial charge in [-0.15, -0.1) is 0 Å². The molecule has 0 spiro atoms. The van der Waals surface area contributed by atoms with E-state index in [-0.39, 0.29) is 44.2 Å². The molecule has 2 fully saturated rings. The van der Waals surface area contributed by atoms with Gasteiger partial charge < -0.3 is 20.5 Å². The number of halogens is 5. The van der Waals surface area contributed by atoms with Crippen molar-refractivity contribution in [3.05, 3.63) is 64.3 Å². The number of esters is 1. The highest BCUT2D eigenvalue weighted by Gasteiger charge is 2.79. The van der Waals surface area contributed by atoms with Crippen molar-refractivity contribution in [2.75, 3.05) is 19.7 Å². The van der Waals surface area contributed by atoms with E-state index in [1.54, 1.807) is 37.3 Å². The Kier molecular flexibility index (Phi) is 9.24. The fourth-order valence-electron chi connectivity index (χ4n) is 8.33. The second kappa shape index (κ2) is 12.6. The van der Waals surface area contributed by atoms with Crippen molar-refractivity contribution in [1.82, 2.24) is 10.6 Å². The molecule has 1 aromatic carbocycles. The zero-order valence-electron chi connectivity index (χ0n) is 25.8. The number of benzene rings is 1. The highest BCUT2D eigenvalue weighted by molar-refractivity contribution is 5.93. The Morgan fingerprint density at radius 1 is 1.07 bits per heavy atom. The molecule has 0 aliphatic heterocycles. The van der Waals surface area contributed by atoms with Gasteiger partial charge in [0.05, 0.1) is 6.61 Å². The SMILES string of the molecule is CCOC(=O)CNC(=O)NC/C=C/c1ccc([C@H]2C[C@@]3(C)C(CC[C@@]3(O)C(F)(F)C(F)(F)F)C3CCC4=CC(=O)CCC4=C32)cc1. The Morgan fingerprint density at radius 3 is 2.46 bits per heavy atom. The van der Waals surface area contributed by atoms with Crippen LogP contribution in [0.4, 0.5) is 26.7 Å². The third-order valence-electron chi connectivity index (χ3n) is 10.5. The normalized spacial score (nSPS) is 29.5.